The van der Waals surface area contributed by atoms with Gasteiger partial charge in [0.25, 0.3) is 0 Å². The fourth-order valence-electron chi connectivity index (χ4n) is 1.13. The van der Waals surface area contributed by atoms with E-state index in [9.17, 15) is 4.79 Å². The maximum atomic E-state index is 11.4. The highest BCUT2D eigenvalue weighted by molar-refractivity contribution is 9.10. The topological polar surface area (TPSA) is 26.3 Å². The second-order valence-corrected chi connectivity index (χ2v) is 4.51. The Labute approximate surface area is 96.2 Å². The fraction of sp³-hybridized carbons (Fsp3) is 0.300. The summed E-state index contributed by atoms with van der Waals surface area (Å²) in [5.41, 5.74) is 1.64. The van der Waals surface area contributed by atoms with Crippen LogP contribution >= 0.6 is 27.7 Å². The van der Waals surface area contributed by atoms with Crippen LogP contribution in [0.2, 0.25) is 0 Å². The molecule has 0 aliphatic carbocycles. The molecule has 0 N–H and O–H groups in total. The largest absolute Gasteiger partial charge is 0.465 e. The summed E-state index contributed by atoms with van der Waals surface area (Å²) in [6.07, 6.45) is 2.00. The molecule has 14 heavy (non-hydrogen) atoms. The second kappa shape index (κ2) is 5.41. The zero-order valence-electron chi connectivity index (χ0n) is 8.04. The van der Waals surface area contributed by atoms with Gasteiger partial charge in [-0.05, 0) is 24.0 Å². The van der Waals surface area contributed by atoms with E-state index in [1.807, 2.05) is 18.4 Å². The van der Waals surface area contributed by atoms with Crippen molar-refractivity contribution in [2.45, 2.75) is 5.75 Å². The summed E-state index contributed by atoms with van der Waals surface area (Å²) in [4.78, 5) is 11.4. The fourth-order valence-corrected chi connectivity index (χ4v) is 2.05. The molecule has 4 heteroatoms. The Hall–Kier alpha value is -0.480. The lowest BCUT2D eigenvalue weighted by atomic mass is 10.1. The minimum atomic E-state index is -0.282. The van der Waals surface area contributed by atoms with Gasteiger partial charge in [-0.2, -0.15) is 11.8 Å². The summed E-state index contributed by atoms with van der Waals surface area (Å²) < 4.78 is 5.60. The average Bonchev–Trinajstić information content (AvgIpc) is 2.20. The molecule has 0 radical (unpaired) electrons. The van der Waals surface area contributed by atoms with Crippen LogP contribution in [0.4, 0.5) is 0 Å². The zero-order valence-corrected chi connectivity index (χ0v) is 10.4. The number of hydrogen-bond donors (Lipinski definition) is 0. The van der Waals surface area contributed by atoms with Crippen molar-refractivity contribution >= 4 is 33.7 Å². The molecule has 0 bridgehead atoms. The molecular weight excluding hydrogens is 264 g/mol. The maximum Gasteiger partial charge on any atom is 0.338 e. The van der Waals surface area contributed by atoms with Gasteiger partial charge in [0.1, 0.15) is 0 Å². The van der Waals surface area contributed by atoms with E-state index in [0.717, 1.165) is 15.8 Å². The van der Waals surface area contributed by atoms with Gasteiger partial charge in [0.2, 0.25) is 0 Å². The van der Waals surface area contributed by atoms with E-state index in [2.05, 4.69) is 15.9 Å². The van der Waals surface area contributed by atoms with Crippen LogP contribution in [0, 0.1) is 0 Å². The smallest absolute Gasteiger partial charge is 0.338 e. The molecule has 1 aromatic rings. The quantitative estimate of drug-likeness (QED) is 0.793. The zero-order chi connectivity index (χ0) is 10.6. The minimum Gasteiger partial charge on any atom is -0.465 e. The van der Waals surface area contributed by atoms with Crippen molar-refractivity contribution in [3.05, 3.63) is 33.8 Å². The molecule has 1 rings (SSSR count). The monoisotopic (exact) mass is 274 g/mol. The van der Waals surface area contributed by atoms with Crippen LogP contribution < -0.4 is 0 Å². The molecule has 0 aliphatic rings. The molecule has 0 aliphatic heterocycles. The first-order valence-electron chi connectivity index (χ1n) is 4.04. The van der Waals surface area contributed by atoms with Crippen molar-refractivity contribution in [2.75, 3.05) is 13.4 Å². The third-order valence-electron chi connectivity index (χ3n) is 1.78. The van der Waals surface area contributed by atoms with E-state index in [1.54, 1.807) is 17.8 Å². The summed E-state index contributed by atoms with van der Waals surface area (Å²) in [6, 6.07) is 5.65. The number of methoxy groups -OCH3 is 1. The van der Waals surface area contributed by atoms with Crippen LogP contribution in [-0.4, -0.2) is 19.3 Å². The molecule has 2 nitrogen and oxygen atoms in total. The van der Waals surface area contributed by atoms with Crippen LogP contribution in [0.25, 0.3) is 0 Å². The van der Waals surface area contributed by atoms with E-state index in [-0.39, 0.29) is 5.97 Å². The molecule has 1 aromatic carbocycles. The van der Waals surface area contributed by atoms with Gasteiger partial charge < -0.3 is 4.74 Å². The van der Waals surface area contributed by atoms with Crippen LogP contribution in [-0.2, 0) is 10.5 Å². The Morgan fingerprint density at radius 2 is 2.29 bits per heavy atom. The molecule has 0 saturated carbocycles. The highest BCUT2D eigenvalue weighted by atomic mass is 79.9. The van der Waals surface area contributed by atoms with Gasteiger partial charge in [0.15, 0.2) is 0 Å². The van der Waals surface area contributed by atoms with Crippen molar-refractivity contribution in [2.24, 2.45) is 0 Å². The standard InChI is InChI=1S/C10H11BrO2S/c1-13-10(12)9-5-8(11)4-3-7(9)6-14-2/h3-5H,6H2,1-2H3. The SMILES string of the molecule is COC(=O)c1cc(Br)ccc1CSC. The second-order valence-electron chi connectivity index (χ2n) is 2.73. The lowest BCUT2D eigenvalue weighted by molar-refractivity contribution is 0.0600. The lowest BCUT2D eigenvalue weighted by Gasteiger charge is -2.06. The van der Waals surface area contributed by atoms with Crippen molar-refractivity contribution < 1.29 is 9.53 Å². The third-order valence-corrected chi connectivity index (χ3v) is 2.87. The van der Waals surface area contributed by atoms with Crippen molar-refractivity contribution in [3.63, 3.8) is 0 Å². The summed E-state index contributed by atoms with van der Waals surface area (Å²) in [6.45, 7) is 0. The van der Waals surface area contributed by atoms with Gasteiger partial charge in [-0.3, -0.25) is 0 Å². The lowest BCUT2D eigenvalue weighted by Crippen LogP contribution is -2.05. The summed E-state index contributed by atoms with van der Waals surface area (Å²) in [5, 5.41) is 0. The van der Waals surface area contributed by atoms with Gasteiger partial charge in [0, 0.05) is 10.2 Å². The van der Waals surface area contributed by atoms with Gasteiger partial charge in [-0.1, -0.05) is 22.0 Å². The van der Waals surface area contributed by atoms with Gasteiger partial charge >= 0.3 is 5.97 Å². The normalized spacial score (nSPS) is 9.93. The number of carbonyl (C=O) groups is 1. The predicted molar refractivity (Wildman–Crippen MR) is 62.7 cm³/mol. The minimum absolute atomic E-state index is 0.282. The van der Waals surface area contributed by atoms with Gasteiger partial charge in [0.05, 0.1) is 12.7 Å². The molecule has 0 atom stereocenters. The number of rotatable bonds is 3. The Kier molecular flexibility index (Phi) is 4.48. The Balaban J connectivity index is 3.08. The number of ether oxygens (including phenoxy) is 1. The van der Waals surface area contributed by atoms with E-state index in [0.29, 0.717) is 5.56 Å². The van der Waals surface area contributed by atoms with E-state index < -0.39 is 0 Å². The molecule has 0 saturated heterocycles. The number of thioether (sulfide) groups is 1. The Bertz CT molecular complexity index is 339. The van der Waals surface area contributed by atoms with Crippen LogP contribution in [0.15, 0.2) is 22.7 Å². The summed E-state index contributed by atoms with van der Waals surface area (Å²) in [7, 11) is 1.39. The number of hydrogen-bond acceptors (Lipinski definition) is 3. The molecule has 0 amide bonds. The van der Waals surface area contributed by atoms with Crippen molar-refractivity contribution in [3.8, 4) is 0 Å². The third kappa shape index (κ3) is 2.75. The van der Waals surface area contributed by atoms with Crippen molar-refractivity contribution in [1.29, 1.82) is 0 Å². The van der Waals surface area contributed by atoms with Crippen LogP contribution in [0.5, 0.6) is 0 Å². The predicted octanol–water partition coefficient (Wildman–Crippen LogP) is 3.10. The summed E-state index contributed by atoms with van der Waals surface area (Å²) in [5.74, 6) is 0.535. The molecule has 0 heterocycles. The van der Waals surface area contributed by atoms with Crippen molar-refractivity contribution in [1.82, 2.24) is 0 Å². The number of esters is 1. The molecule has 0 spiro atoms. The molecule has 0 aromatic heterocycles. The van der Waals surface area contributed by atoms with E-state index >= 15 is 0 Å². The van der Waals surface area contributed by atoms with Crippen LogP contribution in [0.1, 0.15) is 15.9 Å². The van der Waals surface area contributed by atoms with E-state index in [4.69, 9.17) is 4.74 Å². The number of carbonyl (C=O) groups excluding carboxylic acids is 1. The molecule has 0 unspecified atom stereocenters. The number of benzene rings is 1. The Morgan fingerprint density at radius 1 is 1.57 bits per heavy atom. The molecular formula is C10H11BrO2S. The van der Waals surface area contributed by atoms with E-state index in [1.165, 1.54) is 7.11 Å². The van der Waals surface area contributed by atoms with Gasteiger partial charge in [-0.25, -0.2) is 4.79 Å². The highest BCUT2D eigenvalue weighted by Gasteiger charge is 2.11. The van der Waals surface area contributed by atoms with Gasteiger partial charge in [-0.15, -0.1) is 0 Å². The first-order chi connectivity index (χ1) is 6.69. The maximum absolute atomic E-state index is 11.4. The molecule has 0 fully saturated rings. The first-order valence-corrected chi connectivity index (χ1v) is 6.23. The molecule has 76 valence electrons. The highest BCUT2D eigenvalue weighted by Crippen LogP contribution is 2.20. The van der Waals surface area contributed by atoms with Crippen LogP contribution in [0.3, 0.4) is 0 Å². The number of halogens is 1. The Morgan fingerprint density at radius 3 is 2.86 bits per heavy atom. The first kappa shape index (κ1) is 11.6. The summed E-state index contributed by atoms with van der Waals surface area (Å²) >= 11 is 5.01. The average molecular weight is 275 g/mol.